The van der Waals surface area contributed by atoms with Crippen molar-refractivity contribution in [3.63, 3.8) is 0 Å². The molecule has 0 saturated carbocycles. The molecule has 5 heteroatoms. The van der Waals surface area contributed by atoms with E-state index in [1.165, 1.54) is 6.92 Å². The Hall–Kier alpha value is -2.64. The standard InChI is InChI=1S/C16H10ClN3O/c1-9(21)11-7-12(10-5-3-2-4-6-10)16-14(15(11)17)13(8-18)19-20-16/h2-7H,1H3,(H,19,20). The van der Waals surface area contributed by atoms with Gasteiger partial charge in [-0.15, -0.1) is 0 Å². The zero-order valence-electron chi connectivity index (χ0n) is 11.1. The van der Waals surface area contributed by atoms with Gasteiger partial charge in [0.2, 0.25) is 0 Å². The Bertz CT molecular complexity index is 891. The smallest absolute Gasteiger partial charge is 0.171 e. The van der Waals surface area contributed by atoms with Gasteiger partial charge in [-0.1, -0.05) is 41.9 Å². The summed E-state index contributed by atoms with van der Waals surface area (Å²) in [6.07, 6.45) is 0. The molecule has 0 unspecified atom stereocenters. The maximum absolute atomic E-state index is 11.8. The summed E-state index contributed by atoms with van der Waals surface area (Å²) in [5, 5.41) is 16.7. The molecule has 0 spiro atoms. The van der Waals surface area contributed by atoms with E-state index in [2.05, 4.69) is 10.2 Å². The van der Waals surface area contributed by atoms with E-state index in [4.69, 9.17) is 16.9 Å². The van der Waals surface area contributed by atoms with Crippen LogP contribution in [0.15, 0.2) is 36.4 Å². The van der Waals surface area contributed by atoms with Crippen LogP contribution >= 0.6 is 11.6 Å². The molecule has 0 fully saturated rings. The first-order chi connectivity index (χ1) is 10.1. The van der Waals surface area contributed by atoms with Crippen molar-refractivity contribution < 1.29 is 4.79 Å². The van der Waals surface area contributed by atoms with Crippen molar-refractivity contribution in [2.75, 3.05) is 0 Å². The van der Waals surface area contributed by atoms with Gasteiger partial charge in [0.25, 0.3) is 0 Å². The number of ketones is 1. The van der Waals surface area contributed by atoms with Crippen molar-refractivity contribution in [3.8, 4) is 17.2 Å². The third-order valence-corrected chi connectivity index (χ3v) is 3.74. The SMILES string of the molecule is CC(=O)c1cc(-c2ccccc2)c2[nH]nc(C#N)c2c1Cl. The molecule has 0 atom stereocenters. The fourth-order valence-corrected chi connectivity index (χ4v) is 2.72. The highest BCUT2D eigenvalue weighted by Gasteiger charge is 2.19. The Morgan fingerprint density at radius 1 is 1.33 bits per heavy atom. The number of nitrogens with zero attached hydrogens (tertiary/aromatic N) is 2. The third-order valence-electron chi connectivity index (χ3n) is 3.35. The molecule has 0 radical (unpaired) electrons. The highest BCUT2D eigenvalue weighted by atomic mass is 35.5. The molecule has 4 nitrogen and oxygen atoms in total. The summed E-state index contributed by atoms with van der Waals surface area (Å²) < 4.78 is 0. The molecule has 21 heavy (non-hydrogen) atoms. The lowest BCUT2D eigenvalue weighted by Gasteiger charge is -2.08. The van der Waals surface area contributed by atoms with E-state index in [1.807, 2.05) is 36.4 Å². The Kier molecular flexibility index (Phi) is 3.20. The average molecular weight is 296 g/mol. The number of fused-ring (bicyclic) bond motifs is 1. The number of hydrogen-bond donors (Lipinski definition) is 1. The monoisotopic (exact) mass is 295 g/mol. The van der Waals surface area contributed by atoms with E-state index in [0.717, 1.165) is 11.1 Å². The van der Waals surface area contributed by atoms with Gasteiger partial charge in [-0.25, -0.2) is 0 Å². The lowest BCUT2D eigenvalue weighted by atomic mass is 9.97. The van der Waals surface area contributed by atoms with Crippen LogP contribution in [0.2, 0.25) is 5.02 Å². The third kappa shape index (κ3) is 2.08. The first kappa shape index (κ1) is 13.3. The van der Waals surface area contributed by atoms with Gasteiger partial charge in [-0.3, -0.25) is 9.89 Å². The molecule has 3 rings (SSSR count). The number of nitrogens with one attached hydrogen (secondary N) is 1. The Morgan fingerprint density at radius 3 is 2.67 bits per heavy atom. The van der Waals surface area contributed by atoms with Gasteiger partial charge < -0.3 is 0 Å². The van der Waals surface area contributed by atoms with Gasteiger partial charge in [-0.2, -0.15) is 10.4 Å². The van der Waals surface area contributed by atoms with Crippen molar-refractivity contribution >= 4 is 28.3 Å². The van der Waals surface area contributed by atoms with Crippen molar-refractivity contribution in [2.45, 2.75) is 6.92 Å². The number of carbonyl (C=O) groups is 1. The summed E-state index contributed by atoms with van der Waals surface area (Å²) >= 11 is 6.29. The van der Waals surface area contributed by atoms with Crippen molar-refractivity contribution in [2.24, 2.45) is 0 Å². The molecule has 0 saturated heterocycles. The van der Waals surface area contributed by atoms with Crippen LogP contribution in [-0.2, 0) is 0 Å². The van der Waals surface area contributed by atoms with E-state index in [0.29, 0.717) is 16.5 Å². The Labute approximate surface area is 126 Å². The van der Waals surface area contributed by atoms with Gasteiger partial charge >= 0.3 is 0 Å². The van der Waals surface area contributed by atoms with E-state index >= 15 is 0 Å². The molecule has 2 aromatic carbocycles. The number of carbonyl (C=O) groups excluding carboxylic acids is 1. The lowest BCUT2D eigenvalue weighted by molar-refractivity contribution is 0.101. The minimum absolute atomic E-state index is 0.149. The largest absolute Gasteiger partial charge is 0.294 e. The van der Waals surface area contributed by atoms with Crippen LogP contribution in [0.4, 0.5) is 0 Å². The van der Waals surface area contributed by atoms with Gasteiger partial charge in [0.1, 0.15) is 6.07 Å². The van der Waals surface area contributed by atoms with Crippen LogP contribution in [0.25, 0.3) is 22.0 Å². The minimum Gasteiger partial charge on any atom is -0.294 e. The molecule has 1 aromatic heterocycles. The number of aromatic amines is 1. The van der Waals surface area contributed by atoms with Crippen LogP contribution in [0, 0.1) is 11.3 Å². The van der Waals surface area contributed by atoms with Crippen LogP contribution in [0.1, 0.15) is 23.0 Å². The first-order valence-electron chi connectivity index (χ1n) is 6.30. The highest BCUT2D eigenvalue weighted by molar-refractivity contribution is 6.39. The number of aromatic nitrogens is 2. The number of nitriles is 1. The molecule has 1 heterocycles. The van der Waals surface area contributed by atoms with Crippen LogP contribution in [0.3, 0.4) is 0 Å². The van der Waals surface area contributed by atoms with E-state index in [1.54, 1.807) is 6.07 Å². The number of halogens is 1. The molecular formula is C16H10ClN3O. The summed E-state index contributed by atoms with van der Waals surface area (Å²) in [6.45, 7) is 1.45. The molecule has 0 bridgehead atoms. The highest BCUT2D eigenvalue weighted by Crippen LogP contribution is 2.36. The van der Waals surface area contributed by atoms with Gasteiger partial charge in [-0.05, 0) is 18.6 Å². The number of Topliss-reactive ketones (excluding diaryl/α,β-unsaturated/α-hetero) is 1. The molecule has 0 amide bonds. The summed E-state index contributed by atoms with van der Waals surface area (Å²) in [5.41, 5.74) is 2.97. The number of benzene rings is 2. The normalized spacial score (nSPS) is 10.5. The molecule has 0 aliphatic rings. The van der Waals surface area contributed by atoms with E-state index < -0.39 is 0 Å². The summed E-state index contributed by atoms with van der Waals surface area (Å²) in [4.78, 5) is 11.8. The molecular weight excluding hydrogens is 286 g/mol. The molecule has 102 valence electrons. The van der Waals surface area contributed by atoms with E-state index in [9.17, 15) is 4.79 Å². The van der Waals surface area contributed by atoms with Crippen LogP contribution in [-0.4, -0.2) is 16.0 Å². The Balaban J connectivity index is 2.46. The van der Waals surface area contributed by atoms with Crippen molar-refractivity contribution in [3.05, 3.63) is 52.7 Å². The quantitative estimate of drug-likeness (QED) is 0.728. The maximum Gasteiger partial charge on any atom is 0.171 e. The summed E-state index contributed by atoms with van der Waals surface area (Å²) in [5.74, 6) is -0.149. The van der Waals surface area contributed by atoms with Gasteiger partial charge in [0.15, 0.2) is 11.5 Å². The molecule has 1 N–H and O–H groups in total. The fourth-order valence-electron chi connectivity index (χ4n) is 2.35. The van der Waals surface area contributed by atoms with E-state index in [-0.39, 0.29) is 16.5 Å². The predicted octanol–water partition coefficient (Wildman–Crippen LogP) is 3.96. The minimum atomic E-state index is -0.149. The predicted molar refractivity (Wildman–Crippen MR) is 81.3 cm³/mol. The maximum atomic E-state index is 11.8. The molecule has 0 aliphatic carbocycles. The number of H-pyrrole nitrogens is 1. The molecule has 0 aliphatic heterocycles. The number of rotatable bonds is 2. The van der Waals surface area contributed by atoms with Gasteiger partial charge in [0.05, 0.1) is 15.9 Å². The second-order valence-electron chi connectivity index (χ2n) is 4.64. The second-order valence-corrected chi connectivity index (χ2v) is 5.02. The summed E-state index contributed by atoms with van der Waals surface area (Å²) in [6, 6.07) is 13.3. The average Bonchev–Trinajstić information content (AvgIpc) is 2.93. The van der Waals surface area contributed by atoms with Gasteiger partial charge in [0, 0.05) is 11.1 Å². The first-order valence-corrected chi connectivity index (χ1v) is 6.68. The zero-order chi connectivity index (χ0) is 15.0. The topological polar surface area (TPSA) is 69.5 Å². The zero-order valence-corrected chi connectivity index (χ0v) is 11.9. The number of hydrogen-bond acceptors (Lipinski definition) is 3. The van der Waals surface area contributed by atoms with Crippen LogP contribution in [0.5, 0.6) is 0 Å². The lowest BCUT2D eigenvalue weighted by Crippen LogP contribution is -1.96. The molecule has 3 aromatic rings. The summed E-state index contributed by atoms with van der Waals surface area (Å²) in [7, 11) is 0. The van der Waals surface area contributed by atoms with Crippen molar-refractivity contribution in [1.82, 2.24) is 10.2 Å². The van der Waals surface area contributed by atoms with Crippen molar-refractivity contribution in [1.29, 1.82) is 5.26 Å². The fraction of sp³-hybridized carbons (Fsp3) is 0.0625. The Morgan fingerprint density at radius 2 is 2.05 bits per heavy atom. The second kappa shape index (κ2) is 5.04. The van der Waals surface area contributed by atoms with Crippen LogP contribution < -0.4 is 0 Å².